The van der Waals surface area contributed by atoms with Gasteiger partial charge in [0, 0.05) is 23.2 Å². The average molecular weight is 200 g/mol. The van der Waals surface area contributed by atoms with Crippen molar-refractivity contribution in [3.63, 3.8) is 0 Å². The summed E-state index contributed by atoms with van der Waals surface area (Å²) in [5.41, 5.74) is 11.2. The van der Waals surface area contributed by atoms with E-state index in [1.165, 1.54) is 6.20 Å². The van der Waals surface area contributed by atoms with Gasteiger partial charge in [-0.05, 0) is 12.5 Å². The third kappa shape index (κ3) is 2.59. The molecule has 0 aliphatic rings. The molecular weight excluding hydrogens is 190 g/mol. The number of nitrogen functional groups attached to an aromatic ring is 1. The number of nitrogens with two attached hydrogens (primary N) is 2. The molecule has 1 heterocycles. The van der Waals surface area contributed by atoms with Crippen LogP contribution in [0.1, 0.15) is 12.0 Å². The van der Waals surface area contributed by atoms with E-state index in [9.17, 15) is 4.79 Å². The Bertz CT molecular complexity index is 307. The van der Waals surface area contributed by atoms with Gasteiger partial charge >= 0.3 is 0 Å². The minimum absolute atomic E-state index is 0.232. The van der Waals surface area contributed by atoms with Crippen LogP contribution in [0.2, 0.25) is 5.02 Å². The molecule has 13 heavy (non-hydrogen) atoms. The van der Waals surface area contributed by atoms with Gasteiger partial charge in [0.2, 0.25) is 5.91 Å². The van der Waals surface area contributed by atoms with Crippen molar-refractivity contribution in [1.29, 1.82) is 0 Å². The summed E-state index contributed by atoms with van der Waals surface area (Å²) in [5, 5.41) is 0.522. The van der Waals surface area contributed by atoms with Crippen LogP contribution in [0.15, 0.2) is 12.3 Å². The highest BCUT2D eigenvalue weighted by Gasteiger charge is 2.06. The van der Waals surface area contributed by atoms with Gasteiger partial charge in [0.25, 0.3) is 0 Å². The molecule has 1 aromatic heterocycles. The number of halogens is 1. The number of anilines is 1. The van der Waals surface area contributed by atoms with E-state index in [0.717, 1.165) is 0 Å². The van der Waals surface area contributed by atoms with Crippen LogP contribution < -0.4 is 11.5 Å². The normalized spacial score (nSPS) is 9.92. The number of rotatable bonds is 3. The summed E-state index contributed by atoms with van der Waals surface area (Å²) in [6, 6.07) is 1.63. The molecule has 70 valence electrons. The second kappa shape index (κ2) is 4.09. The van der Waals surface area contributed by atoms with Crippen molar-refractivity contribution in [3.8, 4) is 0 Å². The summed E-state index contributed by atoms with van der Waals surface area (Å²) in [4.78, 5) is 14.4. The predicted molar refractivity (Wildman–Crippen MR) is 51.2 cm³/mol. The molecule has 1 rings (SSSR count). The lowest BCUT2D eigenvalue weighted by Crippen LogP contribution is -2.12. The van der Waals surface area contributed by atoms with Crippen molar-refractivity contribution >= 4 is 23.3 Å². The first kappa shape index (κ1) is 9.80. The molecule has 0 saturated carbocycles. The summed E-state index contributed by atoms with van der Waals surface area (Å²) in [6.07, 6.45) is 2.19. The van der Waals surface area contributed by atoms with E-state index in [1.54, 1.807) is 6.07 Å². The van der Waals surface area contributed by atoms with Crippen LogP contribution in [-0.4, -0.2) is 10.9 Å². The summed E-state index contributed by atoms with van der Waals surface area (Å²) in [6.45, 7) is 0. The van der Waals surface area contributed by atoms with Gasteiger partial charge < -0.3 is 11.5 Å². The SMILES string of the molecule is NC(=O)CCc1c(Cl)ccnc1N. The Morgan fingerprint density at radius 1 is 1.62 bits per heavy atom. The standard InChI is InChI=1S/C8H10ClN3O/c9-6-3-4-12-8(11)5(6)1-2-7(10)13/h3-4H,1-2H2,(H2,10,13)(H2,11,12). The molecule has 0 fully saturated rings. The highest BCUT2D eigenvalue weighted by Crippen LogP contribution is 2.20. The van der Waals surface area contributed by atoms with E-state index >= 15 is 0 Å². The van der Waals surface area contributed by atoms with Gasteiger partial charge in [-0.15, -0.1) is 0 Å². The molecule has 4 N–H and O–H groups in total. The fraction of sp³-hybridized carbons (Fsp3) is 0.250. The molecule has 5 heteroatoms. The number of primary amides is 1. The monoisotopic (exact) mass is 199 g/mol. The number of nitrogens with zero attached hydrogens (tertiary/aromatic N) is 1. The molecule has 0 saturated heterocycles. The highest BCUT2D eigenvalue weighted by atomic mass is 35.5. The number of carbonyl (C=O) groups excluding carboxylic acids is 1. The zero-order valence-electron chi connectivity index (χ0n) is 6.96. The lowest BCUT2D eigenvalue weighted by Gasteiger charge is -2.04. The number of hydrogen-bond donors (Lipinski definition) is 2. The molecule has 0 radical (unpaired) electrons. The van der Waals surface area contributed by atoms with Crippen LogP contribution in [0, 0.1) is 0 Å². The predicted octanol–water partition coefficient (Wildman–Crippen LogP) is 0.735. The summed E-state index contributed by atoms with van der Waals surface area (Å²) < 4.78 is 0. The maximum atomic E-state index is 10.5. The summed E-state index contributed by atoms with van der Waals surface area (Å²) in [7, 11) is 0. The molecule has 4 nitrogen and oxygen atoms in total. The van der Waals surface area contributed by atoms with Crippen LogP contribution in [0.5, 0.6) is 0 Å². The molecule has 0 atom stereocenters. The highest BCUT2D eigenvalue weighted by molar-refractivity contribution is 6.31. The third-order valence-electron chi connectivity index (χ3n) is 1.65. The van der Waals surface area contributed by atoms with Crippen molar-refractivity contribution in [2.24, 2.45) is 5.73 Å². The topological polar surface area (TPSA) is 82.0 Å². The second-order valence-electron chi connectivity index (χ2n) is 2.62. The second-order valence-corrected chi connectivity index (χ2v) is 3.03. The number of hydrogen-bond acceptors (Lipinski definition) is 3. The van der Waals surface area contributed by atoms with Gasteiger partial charge in [-0.25, -0.2) is 4.98 Å². The molecule has 0 bridgehead atoms. The Morgan fingerprint density at radius 3 is 2.85 bits per heavy atom. The van der Waals surface area contributed by atoms with Gasteiger partial charge in [-0.3, -0.25) is 4.79 Å². The lowest BCUT2D eigenvalue weighted by molar-refractivity contribution is -0.117. The molecule has 1 amide bonds. The van der Waals surface area contributed by atoms with E-state index in [4.69, 9.17) is 23.1 Å². The van der Waals surface area contributed by atoms with Crippen molar-refractivity contribution in [3.05, 3.63) is 22.8 Å². The summed E-state index contributed by atoms with van der Waals surface area (Å²) >= 11 is 5.84. The molecule has 0 spiro atoms. The fourth-order valence-electron chi connectivity index (χ4n) is 0.980. The average Bonchev–Trinajstić information content (AvgIpc) is 2.03. The molecule has 1 aromatic rings. The van der Waals surface area contributed by atoms with Crippen LogP contribution >= 0.6 is 11.6 Å². The molecule has 0 aliphatic carbocycles. The zero-order valence-corrected chi connectivity index (χ0v) is 7.71. The maximum absolute atomic E-state index is 10.5. The Hall–Kier alpha value is -1.29. The van der Waals surface area contributed by atoms with E-state index < -0.39 is 0 Å². The van der Waals surface area contributed by atoms with Crippen molar-refractivity contribution < 1.29 is 4.79 Å². The van der Waals surface area contributed by atoms with Crippen molar-refractivity contribution in [2.75, 3.05) is 5.73 Å². The minimum atomic E-state index is -0.376. The number of carbonyl (C=O) groups is 1. The number of amides is 1. The summed E-state index contributed by atoms with van der Waals surface area (Å²) in [5.74, 6) is -0.0203. The number of pyridine rings is 1. The first-order valence-electron chi connectivity index (χ1n) is 3.78. The van der Waals surface area contributed by atoms with Crippen molar-refractivity contribution in [1.82, 2.24) is 4.98 Å². The molecule has 0 aromatic carbocycles. The van der Waals surface area contributed by atoms with Gasteiger partial charge in [-0.1, -0.05) is 11.6 Å². The molecule has 0 aliphatic heterocycles. The number of aromatic nitrogens is 1. The smallest absolute Gasteiger partial charge is 0.217 e. The lowest BCUT2D eigenvalue weighted by atomic mass is 10.1. The minimum Gasteiger partial charge on any atom is -0.383 e. The molecule has 0 unspecified atom stereocenters. The quantitative estimate of drug-likeness (QED) is 0.753. The van der Waals surface area contributed by atoms with E-state index in [-0.39, 0.29) is 12.3 Å². The first-order valence-corrected chi connectivity index (χ1v) is 4.16. The van der Waals surface area contributed by atoms with Crippen LogP contribution in [0.25, 0.3) is 0 Å². The third-order valence-corrected chi connectivity index (χ3v) is 2.01. The van der Waals surface area contributed by atoms with Crippen LogP contribution in [0.4, 0.5) is 5.82 Å². The zero-order chi connectivity index (χ0) is 9.84. The molecular formula is C8H10ClN3O. The Balaban J connectivity index is 2.81. The van der Waals surface area contributed by atoms with Gasteiger partial charge in [0.1, 0.15) is 5.82 Å². The maximum Gasteiger partial charge on any atom is 0.217 e. The van der Waals surface area contributed by atoms with Crippen LogP contribution in [0.3, 0.4) is 0 Å². The van der Waals surface area contributed by atoms with Crippen LogP contribution in [-0.2, 0) is 11.2 Å². The van der Waals surface area contributed by atoms with Gasteiger partial charge in [0.05, 0.1) is 0 Å². The van der Waals surface area contributed by atoms with Crippen molar-refractivity contribution in [2.45, 2.75) is 12.8 Å². The van der Waals surface area contributed by atoms with E-state index in [1.807, 2.05) is 0 Å². The van der Waals surface area contributed by atoms with Gasteiger partial charge in [-0.2, -0.15) is 0 Å². The fourth-order valence-corrected chi connectivity index (χ4v) is 1.23. The Labute approximate surface area is 80.9 Å². The Morgan fingerprint density at radius 2 is 2.31 bits per heavy atom. The van der Waals surface area contributed by atoms with Gasteiger partial charge in [0.15, 0.2) is 0 Å². The van der Waals surface area contributed by atoms with E-state index in [0.29, 0.717) is 22.8 Å². The largest absolute Gasteiger partial charge is 0.383 e. The van der Waals surface area contributed by atoms with E-state index in [2.05, 4.69) is 4.98 Å². The Kier molecular flexibility index (Phi) is 3.08. The first-order chi connectivity index (χ1) is 6.11.